The smallest absolute Gasteiger partial charge is 0.218 e. The largest absolute Gasteiger partial charge is 0.477 e. The molecule has 0 bridgehead atoms. The third-order valence-corrected chi connectivity index (χ3v) is 3.41. The third-order valence-electron chi connectivity index (χ3n) is 3.22. The van der Waals surface area contributed by atoms with Crippen LogP contribution < -0.4 is 4.74 Å². The Morgan fingerprint density at radius 3 is 3.00 bits per heavy atom. The van der Waals surface area contributed by atoms with Gasteiger partial charge in [-0.2, -0.15) is 4.98 Å². The summed E-state index contributed by atoms with van der Waals surface area (Å²) in [5.74, 6) is 2.20. The molecule has 0 amide bonds. The normalized spacial score (nSPS) is 21.2. The average molecular weight is 276 g/mol. The van der Waals surface area contributed by atoms with Crippen molar-refractivity contribution < 1.29 is 4.74 Å². The third kappa shape index (κ3) is 3.01. The highest BCUT2D eigenvalue weighted by Crippen LogP contribution is 2.46. The van der Waals surface area contributed by atoms with Crippen molar-refractivity contribution in [2.75, 3.05) is 6.61 Å². The van der Waals surface area contributed by atoms with Gasteiger partial charge in [-0.25, -0.2) is 4.98 Å². The summed E-state index contributed by atoms with van der Waals surface area (Å²) in [4.78, 5) is 12.6. The fraction of sp³-hybridized carbons (Fsp3) is 0.357. The monoisotopic (exact) mass is 275 g/mol. The molecule has 0 aliphatic heterocycles. The van der Waals surface area contributed by atoms with Crippen LogP contribution in [0.5, 0.6) is 5.88 Å². The number of nitrogens with zero attached hydrogens (tertiary/aromatic N) is 3. The lowest BCUT2D eigenvalue weighted by Gasteiger charge is -2.05. The zero-order valence-corrected chi connectivity index (χ0v) is 11.3. The summed E-state index contributed by atoms with van der Waals surface area (Å²) in [6.45, 7) is 2.45. The highest BCUT2D eigenvalue weighted by atomic mass is 35.5. The van der Waals surface area contributed by atoms with Gasteiger partial charge in [0.25, 0.3) is 0 Å². The molecule has 98 valence electrons. The predicted octanol–water partition coefficient (Wildman–Crippen LogP) is 3.02. The molecular weight excluding hydrogens is 262 g/mol. The van der Waals surface area contributed by atoms with E-state index < -0.39 is 0 Å². The molecule has 19 heavy (non-hydrogen) atoms. The number of aryl methyl sites for hydroxylation is 1. The van der Waals surface area contributed by atoms with Crippen molar-refractivity contribution in [1.29, 1.82) is 0 Å². The topological polar surface area (TPSA) is 47.9 Å². The van der Waals surface area contributed by atoms with Crippen LogP contribution in [0.1, 0.15) is 23.9 Å². The second-order valence-corrected chi connectivity index (χ2v) is 5.13. The highest BCUT2D eigenvalue weighted by molar-refractivity contribution is 6.29. The Kier molecular flexibility index (Phi) is 3.34. The van der Waals surface area contributed by atoms with Gasteiger partial charge in [0.2, 0.25) is 5.88 Å². The lowest BCUT2D eigenvalue weighted by atomic mass is 10.2. The maximum Gasteiger partial charge on any atom is 0.218 e. The van der Waals surface area contributed by atoms with Gasteiger partial charge < -0.3 is 4.74 Å². The molecule has 0 aromatic carbocycles. The molecule has 2 atom stereocenters. The molecule has 0 spiro atoms. The number of rotatable bonds is 4. The zero-order valence-electron chi connectivity index (χ0n) is 10.6. The molecule has 3 rings (SSSR count). The first-order chi connectivity index (χ1) is 9.22. The molecule has 0 radical (unpaired) electrons. The Balaban J connectivity index is 1.57. The minimum Gasteiger partial charge on any atom is -0.477 e. The summed E-state index contributed by atoms with van der Waals surface area (Å²) >= 11 is 5.86. The maximum atomic E-state index is 5.86. The van der Waals surface area contributed by atoms with Gasteiger partial charge in [-0.1, -0.05) is 17.7 Å². The van der Waals surface area contributed by atoms with Crippen molar-refractivity contribution >= 4 is 11.6 Å². The predicted molar refractivity (Wildman–Crippen MR) is 72.4 cm³/mol. The van der Waals surface area contributed by atoms with Crippen LogP contribution in [0.25, 0.3) is 0 Å². The minimum absolute atomic E-state index is 0.416. The van der Waals surface area contributed by atoms with Gasteiger partial charge in [0.15, 0.2) is 0 Å². The van der Waals surface area contributed by atoms with Crippen molar-refractivity contribution in [2.24, 2.45) is 5.92 Å². The van der Waals surface area contributed by atoms with Crippen molar-refractivity contribution in [3.63, 3.8) is 0 Å². The van der Waals surface area contributed by atoms with E-state index in [1.165, 1.54) is 0 Å². The average Bonchev–Trinajstić information content (AvgIpc) is 3.16. The molecule has 4 nitrogen and oxygen atoms in total. The van der Waals surface area contributed by atoms with Crippen LogP contribution in [0.15, 0.2) is 30.5 Å². The number of halogens is 1. The number of ether oxygens (including phenoxy) is 1. The molecule has 1 aliphatic rings. The van der Waals surface area contributed by atoms with Crippen LogP contribution in [0, 0.1) is 12.8 Å². The molecule has 0 unspecified atom stereocenters. The SMILES string of the molecule is Cc1nc(Cl)cc(OC[C@H]2C[C@@H]2c2ccccn2)n1. The van der Waals surface area contributed by atoms with Gasteiger partial charge >= 0.3 is 0 Å². The van der Waals surface area contributed by atoms with Crippen molar-refractivity contribution in [3.8, 4) is 5.88 Å². The second-order valence-electron chi connectivity index (χ2n) is 4.74. The lowest BCUT2D eigenvalue weighted by Crippen LogP contribution is -2.04. The standard InChI is InChI=1S/C14H14ClN3O/c1-9-17-13(15)7-14(18-9)19-8-10-6-11(10)12-4-2-3-5-16-12/h2-5,7,10-11H,6,8H2,1H3/t10-,11+/m1/s1. The van der Waals surface area contributed by atoms with Gasteiger partial charge in [0.05, 0.1) is 6.61 Å². The van der Waals surface area contributed by atoms with Gasteiger partial charge in [-0.15, -0.1) is 0 Å². The van der Waals surface area contributed by atoms with E-state index >= 15 is 0 Å². The summed E-state index contributed by atoms with van der Waals surface area (Å²) < 4.78 is 5.68. The lowest BCUT2D eigenvalue weighted by molar-refractivity contribution is 0.284. The van der Waals surface area contributed by atoms with Gasteiger partial charge in [-0.3, -0.25) is 4.98 Å². The van der Waals surface area contributed by atoms with E-state index in [1.54, 1.807) is 13.0 Å². The molecule has 2 aromatic heterocycles. The molecule has 0 N–H and O–H groups in total. The Hall–Kier alpha value is -1.68. The summed E-state index contributed by atoms with van der Waals surface area (Å²) in [6, 6.07) is 7.66. The number of hydrogen-bond acceptors (Lipinski definition) is 4. The van der Waals surface area contributed by atoms with Crippen molar-refractivity contribution in [2.45, 2.75) is 19.3 Å². The van der Waals surface area contributed by atoms with E-state index in [0.717, 1.165) is 12.1 Å². The van der Waals surface area contributed by atoms with E-state index in [2.05, 4.69) is 21.0 Å². The molecule has 1 saturated carbocycles. The van der Waals surface area contributed by atoms with Crippen molar-refractivity contribution in [3.05, 3.63) is 47.1 Å². The Morgan fingerprint density at radius 1 is 1.37 bits per heavy atom. The zero-order chi connectivity index (χ0) is 13.2. The minimum atomic E-state index is 0.416. The van der Waals surface area contributed by atoms with E-state index in [9.17, 15) is 0 Å². The van der Waals surface area contributed by atoms with Crippen LogP contribution in [-0.4, -0.2) is 21.6 Å². The fourth-order valence-electron chi connectivity index (χ4n) is 2.16. The van der Waals surface area contributed by atoms with Crippen LogP contribution in [-0.2, 0) is 0 Å². The molecule has 1 aliphatic carbocycles. The van der Waals surface area contributed by atoms with E-state index in [0.29, 0.717) is 35.3 Å². The number of aromatic nitrogens is 3. The maximum absolute atomic E-state index is 5.86. The Bertz CT molecular complexity index is 556. The Labute approximate surface area is 116 Å². The number of hydrogen-bond donors (Lipinski definition) is 0. The molecule has 1 fully saturated rings. The molecule has 5 heteroatoms. The molecular formula is C14H14ClN3O. The first kappa shape index (κ1) is 12.4. The first-order valence-corrected chi connectivity index (χ1v) is 6.65. The number of pyridine rings is 1. The quantitative estimate of drug-likeness (QED) is 0.805. The highest BCUT2D eigenvalue weighted by Gasteiger charge is 2.39. The summed E-state index contributed by atoms with van der Waals surface area (Å²) in [6.07, 6.45) is 2.95. The Morgan fingerprint density at radius 2 is 2.26 bits per heavy atom. The van der Waals surface area contributed by atoms with Crippen LogP contribution in [0.4, 0.5) is 0 Å². The molecule has 2 aromatic rings. The first-order valence-electron chi connectivity index (χ1n) is 6.27. The van der Waals surface area contributed by atoms with Crippen molar-refractivity contribution in [1.82, 2.24) is 15.0 Å². The van der Waals surface area contributed by atoms with E-state index in [1.807, 2.05) is 18.3 Å². The second kappa shape index (κ2) is 5.13. The van der Waals surface area contributed by atoms with E-state index in [-0.39, 0.29) is 0 Å². The van der Waals surface area contributed by atoms with Crippen LogP contribution in [0.3, 0.4) is 0 Å². The summed E-state index contributed by atoms with van der Waals surface area (Å²) in [5, 5.41) is 0.416. The molecule has 0 saturated heterocycles. The van der Waals surface area contributed by atoms with Gasteiger partial charge in [0.1, 0.15) is 11.0 Å². The summed E-state index contributed by atoms with van der Waals surface area (Å²) in [7, 11) is 0. The summed E-state index contributed by atoms with van der Waals surface area (Å²) in [5.41, 5.74) is 1.15. The van der Waals surface area contributed by atoms with Crippen LogP contribution >= 0.6 is 11.6 Å². The van der Waals surface area contributed by atoms with Crippen LogP contribution in [0.2, 0.25) is 5.15 Å². The fourth-order valence-corrected chi connectivity index (χ4v) is 2.38. The molecule has 2 heterocycles. The van der Waals surface area contributed by atoms with Gasteiger partial charge in [-0.05, 0) is 25.5 Å². The van der Waals surface area contributed by atoms with E-state index in [4.69, 9.17) is 16.3 Å². The van der Waals surface area contributed by atoms with Gasteiger partial charge in [0, 0.05) is 29.8 Å².